The molecule has 0 radical (unpaired) electrons. The monoisotopic (exact) mass is 332 g/mol. The first kappa shape index (κ1) is 13.5. The Morgan fingerprint density at radius 2 is 2.17 bits per heavy atom. The summed E-state index contributed by atoms with van der Waals surface area (Å²) in [5, 5.41) is 9.34. The van der Waals surface area contributed by atoms with E-state index < -0.39 is 21.7 Å². The molecule has 0 aromatic heterocycles. The largest absolute Gasteiger partial charge is 0.481 e. The Morgan fingerprint density at radius 1 is 1.44 bits per heavy atom. The van der Waals surface area contributed by atoms with Gasteiger partial charge in [0.15, 0.2) is 9.84 Å². The number of halogens is 1. The zero-order chi connectivity index (χ0) is 13.3. The van der Waals surface area contributed by atoms with Crippen LogP contribution in [-0.2, 0) is 14.6 Å². The third-order valence-corrected chi connectivity index (χ3v) is 5.50. The van der Waals surface area contributed by atoms with E-state index in [1.807, 2.05) is 6.07 Å². The van der Waals surface area contributed by atoms with Gasteiger partial charge in [0, 0.05) is 4.47 Å². The fourth-order valence-electron chi connectivity index (χ4n) is 2.40. The second-order valence-electron chi connectivity index (χ2n) is 4.53. The van der Waals surface area contributed by atoms with E-state index in [2.05, 4.69) is 15.9 Å². The van der Waals surface area contributed by atoms with Gasteiger partial charge < -0.3 is 5.11 Å². The van der Waals surface area contributed by atoms with Gasteiger partial charge in [-0.3, -0.25) is 4.79 Å². The molecule has 1 N–H and O–H groups in total. The van der Waals surface area contributed by atoms with E-state index in [0.717, 1.165) is 4.47 Å². The molecule has 2 rings (SSSR count). The maximum atomic E-state index is 11.5. The number of aliphatic carboxylic acids is 1. The lowest BCUT2D eigenvalue weighted by Crippen LogP contribution is -2.22. The molecule has 2 unspecified atom stereocenters. The van der Waals surface area contributed by atoms with Crippen molar-refractivity contribution in [2.24, 2.45) is 5.92 Å². The van der Waals surface area contributed by atoms with E-state index in [4.69, 9.17) is 0 Å². The minimum Gasteiger partial charge on any atom is -0.481 e. The first-order valence-electron chi connectivity index (χ1n) is 5.58. The van der Waals surface area contributed by atoms with Gasteiger partial charge in [-0.05, 0) is 30.0 Å². The molecule has 0 amide bonds. The fraction of sp³-hybridized carbons (Fsp3) is 0.417. The molecule has 0 spiro atoms. The summed E-state index contributed by atoms with van der Waals surface area (Å²) in [5.41, 5.74) is 0.652. The van der Waals surface area contributed by atoms with E-state index in [1.54, 1.807) is 18.2 Å². The molecule has 1 aromatic rings. The minimum atomic E-state index is -3.07. The molecule has 0 aliphatic carbocycles. The van der Waals surface area contributed by atoms with E-state index in [0.29, 0.717) is 12.0 Å². The Labute approximate surface area is 114 Å². The second kappa shape index (κ2) is 5.01. The molecule has 1 aromatic carbocycles. The maximum absolute atomic E-state index is 11.5. The van der Waals surface area contributed by atoms with Gasteiger partial charge >= 0.3 is 5.97 Å². The molecule has 4 nitrogen and oxygen atoms in total. The van der Waals surface area contributed by atoms with Gasteiger partial charge in [-0.1, -0.05) is 28.1 Å². The number of rotatable bonds is 3. The van der Waals surface area contributed by atoms with Crippen LogP contribution in [0.5, 0.6) is 0 Å². The maximum Gasteiger partial charge on any atom is 0.311 e. The number of sulfone groups is 1. The Kier molecular flexibility index (Phi) is 3.77. The molecular formula is C12H13BrO4S. The Bertz CT molecular complexity index is 567. The highest BCUT2D eigenvalue weighted by atomic mass is 79.9. The number of benzene rings is 1. The summed E-state index contributed by atoms with van der Waals surface area (Å²) in [7, 11) is -3.07. The summed E-state index contributed by atoms with van der Waals surface area (Å²) in [4.78, 5) is 11.4. The summed E-state index contributed by atoms with van der Waals surface area (Å²) in [6, 6.07) is 7.05. The fourth-order valence-corrected chi connectivity index (χ4v) is 4.66. The number of carbonyl (C=O) groups is 1. The van der Waals surface area contributed by atoms with E-state index >= 15 is 0 Å². The van der Waals surface area contributed by atoms with Gasteiger partial charge in [-0.15, -0.1) is 0 Å². The van der Waals surface area contributed by atoms with Crippen molar-refractivity contribution >= 4 is 31.7 Å². The van der Waals surface area contributed by atoms with Crippen LogP contribution in [0.4, 0.5) is 0 Å². The van der Waals surface area contributed by atoms with Crippen LogP contribution < -0.4 is 0 Å². The highest BCUT2D eigenvalue weighted by Gasteiger charge is 2.38. The molecule has 1 aliphatic heterocycles. The third-order valence-electron chi connectivity index (χ3n) is 3.21. The number of hydrogen-bond acceptors (Lipinski definition) is 3. The zero-order valence-electron chi connectivity index (χ0n) is 9.54. The Morgan fingerprint density at radius 3 is 2.67 bits per heavy atom. The lowest BCUT2D eigenvalue weighted by molar-refractivity contribution is -0.140. The van der Waals surface area contributed by atoms with E-state index in [1.165, 1.54) is 0 Å². The quantitative estimate of drug-likeness (QED) is 0.919. The average molecular weight is 333 g/mol. The molecule has 0 saturated carbocycles. The van der Waals surface area contributed by atoms with Crippen LogP contribution in [0.15, 0.2) is 28.7 Å². The molecule has 1 heterocycles. The van der Waals surface area contributed by atoms with Crippen molar-refractivity contribution in [2.75, 3.05) is 11.5 Å². The van der Waals surface area contributed by atoms with Crippen molar-refractivity contribution in [3.63, 3.8) is 0 Å². The molecule has 1 aliphatic rings. The first-order valence-corrected chi connectivity index (χ1v) is 8.19. The van der Waals surface area contributed by atoms with Gasteiger partial charge in [0.25, 0.3) is 0 Å². The molecule has 1 fully saturated rings. The van der Waals surface area contributed by atoms with E-state index in [-0.39, 0.29) is 17.4 Å². The number of carboxylic acids is 1. The predicted octanol–water partition coefficient (Wildman–Crippen LogP) is 2.05. The number of carboxylic acid groups (broad SMARTS) is 1. The van der Waals surface area contributed by atoms with Gasteiger partial charge in [-0.25, -0.2) is 8.42 Å². The topological polar surface area (TPSA) is 71.4 Å². The molecule has 6 heteroatoms. The van der Waals surface area contributed by atoms with Crippen LogP contribution in [0.2, 0.25) is 0 Å². The van der Waals surface area contributed by atoms with Crippen LogP contribution in [0.3, 0.4) is 0 Å². The van der Waals surface area contributed by atoms with Crippen LogP contribution in [0, 0.1) is 5.92 Å². The van der Waals surface area contributed by atoms with Crippen LogP contribution >= 0.6 is 15.9 Å². The van der Waals surface area contributed by atoms with Crippen molar-refractivity contribution in [3.05, 3.63) is 34.3 Å². The molecule has 1 saturated heterocycles. The van der Waals surface area contributed by atoms with Crippen molar-refractivity contribution in [1.82, 2.24) is 0 Å². The smallest absolute Gasteiger partial charge is 0.311 e. The van der Waals surface area contributed by atoms with Crippen molar-refractivity contribution in [1.29, 1.82) is 0 Å². The lowest BCUT2D eigenvalue weighted by atomic mass is 9.86. The average Bonchev–Trinajstić information content (AvgIpc) is 2.58. The minimum absolute atomic E-state index is 0.0313. The van der Waals surface area contributed by atoms with Crippen LogP contribution in [-0.4, -0.2) is 31.0 Å². The van der Waals surface area contributed by atoms with E-state index in [9.17, 15) is 18.3 Å². The summed E-state index contributed by atoms with van der Waals surface area (Å²) in [5.74, 6) is -1.98. The molecule has 18 heavy (non-hydrogen) atoms. The normalized spacial score (nSPS) is 23.7. The highest BCUT2D eigenvalue weighted by Crippen LogP contribution is 2.34. The van der Waals surface area contributed by atoms with Gasteiger partial charge in [0.05, 0.1) is 17.4 Å². The highest BCUT2D eigenvalue weighted by molar-refractivity contribution is 9.10. The lowest BCUT2D eigenvalue weighted by Gasteiger charge is -2.18. The third kappa shape index (κ3) is 2.92. The number of hydrogen-bond donors (Lipinski definition) is 1. The summed E-state index contributed by atoms with van der Waals surface area (Å²) in [6.45, 7) is 0. The van der Waals surface area contributed by atoms with Gasteiger partial charge in [-0.2, -0.15) is 0 Å². The molecular weight excluding hydrogens is 320 g/mol. The molecule has 98 valence electrons. The Hall–Kier alpha value is -0.880. The predicted molar refractivity (Wildman–Crippen MR) is 71.3 cm³/mol. The summed E-state index contributed by atoms with van der Waals surface area (Å²) >= 11 is 3.30. The molecule has 2 atom stereocenters. The van der Waals surface area contributed by atoms with Crippen molar-refractivity contribution < 1.29 is 18.3 Å². The molecule has 0 bridgehead atoms. The SMILES string of the molecule is O=C(O)C(c1cccc(Br)c1)C1CCS(=O)(=O)C1. The standard InChI is InChI=1S/C12H13BrO4S/c13-10-3-1-2-8(6-10)11(12(14)15)9-4-5-18(16,17)7-9/h1-3,6,9,11H,4-5,7H2,(H,14,15). The van der Waals surface area contributed by atoms with Gasteiger partial charge in [0.2, 0.25) is 0 Å². The first-order chi connectivity index (χ1) is 8.39. The van der Waals surface area contributed by atoms with Gasteiger partial charge in [0.1, 0.15) is 0 Å². The summed E-state index contributed by atoms with van der Waals surface area (Å²) < 4.78 is 23.7. The Balaban J connectivity index is 2.33. The van der Waals surface area contributed by atoms with Crippen molar-refractivity contribution in [2.45, 2.75) is 12.3 Å². The van der Waals surface area contributed by atoms with Crippen LogP contribution in [0.25, 0.3) is 0 Å². The summed E-state index contributed by atoms with van der Waals surface area (Å²) in [6.07, 6.45) is 0.422. The zero-order valence-corrected chi connectivity index (χ0v) is 11.9. The second-order valence-corrected chi connectivity index (χ2v) is 7.68. The van der Waals surface area contributed by atoms with Crippen LogP contribution in [0.1, 0.15) is 17.9 Å². The van der Waals surface area contributed by atoms with Crippen molar-refractivity contribution in [3.8, 4) is 0 Å².